The average molecular weight is 335 g/mol. The third kappa shape index (κ3) is 3.13. The van der Waals surface area contributed by atoms with E-state index in [1.165, 1.54) is 9.71 Å². The highest BCUT2D eigenvalue weighted by Crippen LogP contribution is 2.27. The molecule has 1 spiro atoms. The molecule has 7 nitrogen and oxygen atoms in total. The lowest BCUT2D eigenvalue weighted by molar-refractivity contribution is -0.125. The molecule has 2 heterocycles. The number of nitrogens with one attached hydrogen (secondary N) is 2. The standard InChI is InChI=1S/C15H17N3O4S/c19-13-15(17-14(20)16-13)7-9-18(10-8-15)23(21,22)11-6-12-4-2-1-3-5-12/h1-6,11H,7-10H2,(H2,16,17,19,20)/b11-6+. The zero-order chi connectivity index (χ0) is 16.5. The monoisotopic (exact) mass is 335 g/mol. The zero-order valence-corrected chi connectivity index (χ0v) is 13.2. The molecule has 1 aromatic carbocycles. The summed E-state index contributed by atoms with van der Waals surface area (Å²) in [5.41, 5.74) is -0.168. The van der Waals surface area contributed by atoms with Gasteiger partial charge in [-0.25, -0.2) is 13.2 Å². The number of benzene rings is 1. The minimum absolute atomic E-state index is 0.190. The zero-order valence-electron chi connectivity index (χ0n) is 12.4. The molecule has 3 amide bonds. The number of carbonyl (C=O) groups is 2. The lowest BCUT2D eigenvalue weighted by Crippen LogP contribution is -2.55. The fraction of sp³-hybridized carbons (Fsp3) is 0.333. The van der Waals surface area contributed by atoms with E-state index >= 15 is 0 Å². The van der Waals surface area contributed by atoms with Crippen molar-refractivity contribution in [1.82, 2.24) is 14.9 Å². The highest BCUT2D eigenvalue weighted by atomic mass is 32.2. The first kappa shape index (κ1) is 15.7. The van der Waals surface area contributed by atoms with Gasteiger partial charge in [0.1, 0.15) is 5.54 Å². The molecule has 0 unspecified atom stereocenters. The number of amides is 3. The van der Waals surface area contributed by atoms with Crippen molar-refractivity contribution in [2.75, 3.05) is 13.1 Å². The van der Waals surface area contributed by atoms with Crippen LogP contribution in [0.1, 0.15) is 18.4 Å². The van der Waals surface area contributed by atoms with Gasteiger partial charge in [0.05, 0.1) is 0 Å². The summed E-state index contributed by atoms with van der Waals surface area (Å²) < 4.78 is 26.0. The Hall–Kier alpha value is -2.19. The molecule has 1 aromatic rings. The highest BCUT2D eigenvalue weighted by Gasteiger charge is 2.48. The predicted octanol–water partition coefficient (Wildman–Crippen LogP) is 0.661. The molecular weight excluding hydrogens is 318 g/mol. The molecule has 8 heteroatoms. The number of hydrogen-bond acceptors (Lipinski definition) is 4. The fourth-order valence-electron chi connectivity index (χ4n) is 2.82. The summed E-state index contributed by atoms with van der Waals surface area (Å²) in [7, 11) is -3.55. The van der Waals surface area contributed by atoms with Crippen LogP contribution in [0.15, 0.2) is 35.7 Å². The molecule has 2 aliphatic heterocycles. The molecule has 0 saturated carbocycles. The van der Waals surface area contributed by atoms with Crippen LogP contribution >= 0.6 is 0 Å². The van der Waals surface area contributed by atoms with Gasteiger partial charge >= 0.3 is 6.03 Å². The van der Waals surface area contributed by atoms with Gasteiger partial charge in [-0.3, -0.25) is 10.1 Å². The van der Waals surface area contributed by atoms with Crippen molar-refractivity contribution in [2.24, 2.45) is 0 Å². The molecule has 3 rings (SSSR count). The van der Waals surface area contributed by atoms with Crippen molar-refractivity contribution < 1.29 is 18.0 Å². The van der Waals surface area contributed by atoms with Gasteiger partial charge in [0.15, 0.2) is 0 Å². The predicted molar refractivity (Wildman–Crippen MR) is 84.6 cm³/mol. The Kier molecular flexibility index (Phi) is 3.95. The normalized spacial score (nSPS) is 21.6. The van der Waals surface area contributed by atoms with Gasteiger partial charge in [-0.15, -0.1) is 0 Å². The van der Waals surface area contributed by atoms with Crippen LogP contribution in [0.5, 0.6) is 0 Å². The van der Waals surface area contributed by atoms with Gasteiger partial charge in [0.25, 0.3) is 5.91 Å². The quantitative estimate of drug-likeness (QED) is 0.793. The van der Waals surface area contributed by atoms with Crippen molar-refractivity contribution in [1.29, 1.82) is 0 Å². The van der Waals surface area contributed by atoms with Crippen LogP contribution < -0.4 is 10.6 Å². The van der Waals surface area contributed by atoms with E-state index in [0.29, 0.717) is 0 Å². The van der Waals surface area contributed by atoms with Crippen LogP contribution in [0.4, 0.5) is 4.79 Å². The number of imide groups is 1. The molecule has 23 heavy (non-hydrogen) atoms. The summed E-state index contributed by atoms with van der Waals surface area (Å²) in [4.78, 5) is 23.1. The third-order valence-corrected chi connectivity index (χ3v) is 5.75. The Morgan fingerprint density at radius 1 is 1.09 bits per heavy atom. The summed E-state index contributed by atoms with van der Waals surface area (Å²) in [5, 5.41) is 5.99. The van der Waals surface area contributed by atoms with E-state index in [1.54, 1.807) is 6.08 Å². The highest BCUT2D eigenvalue weighted by molar-refractivity contribution is 7.92. The van der Waals surface area contributed by atoms with Crippen molar-refractivity contribution in [2.45, 2.75) is 18.4 Å². The third-order valence-electron chi connectivity index (χ3n) is 4.18. The number of rotatable bonds is 3. The Bertz CT molecular complexity index is 750. The maximum absolute atomic E-state index is 12.4. The van der Waals surface area contributed by atoms with Gasteiger partial charge in [0.2, 0.25) is 10.0 Å². The molecule has 2 aliphatic rings. The van der Waals surface area contributed by atoms with Gasteiger partial charge in [-0.2, -0.15) is 4.31 Å². The lowest BCUT2D eigenvalue weighted by Gasteiger charge is -2.35. The Labute approximate surface area is 134 Å². The second-order valence-electron chi connectivity index (χ2n) is 5.65. The Morgan fingerprint density at radius 3 is 2.30 bits per heavy atom. The Morgan fingerprint density at radius 2 is 1.74 bits per heavy atom. The van der Waals surface area contributed by atoms with E-state index in [-0.39, 0.29) is 31.8 Å². The van der Waals surface area contributed by atoms with Gasteiger partial charge in [-0.05, 0) is 24.5 Å². The SMILES string of the molecule is O=C1NC(=O)C2(CCN(S(=O)(=O)/C=C/c3ccccc3)CC2)N1. The maximum Gasteiger partial charge on any atom is 0.322 e. The maximum atomic E-state index is 12.4. The largest absolute Gasteiger partial charge is 0.323 e. The van der Waals surface area contributed by atoms with E-state index in [2.05, 4.69) is 10.6 Å². The van der Waals surface area contributed by atoms with Gasteiger partial charge in [0, 0.05) is 18.5 Å². The van der Waals surface area contributed by atoms with Gasteiger partial charge < -0.3 is 5.32 Å². The summed E-state index contributed by atoms with van der Waals surface area (Å²) in [6, 6.07) is 8.63. The molecule has 0 atom stereocenters. The summed E-state index contributed by atoms with van der Waals surface area (Å²) in [5.74, 6) is -0.376. The van der Waals surface area contributed by atoms with Crippen molar-refractivity contribution >= 4 is 28.0 Å². The number of sulfonamides is 1. The summed E-state index contributed by atoms with van der Waals surface area (Å²) in [6.07, 6.45) is 2.08. The van der Waals surface area contributed by atoms with Crippen LogP contribution in [-0.2, 0) is 14.8 Å². The minimum atomic E-state index is -3.55. The van der Waals surface area contributed by atoms with E-state index in [9.17, 15) is 18.0 Å². The second-order valence-corrected chi connectivity index (χ2v) is 7.47. The van der Waals surface area contributed by atoms with Gasteiger partial charge in [-0.1, -0.05) is 30.3 Å². The molecule has 0 radical (unpaired) electrons. The van der Waals surface area contributed by atoms with Crippen molar-refractivity contribution in [3.05, 3.63) is 41.3 Å². The topological polar surface area (TPSA) is 95.6 Å². The lowest BCUT2D eigenvalue weighted by atomic mass is 9.89. The molecule has 2 saturated heterocycles. The van der Waals surface area contributed by atoms with Crippen molar-refractivity contribution in [3.8, 4) is 0 Å². The molecule has 2 fully saturated rings. The van der Waals surface area contributed by atoms with Crippen LogP contribution in [-0.4, -0.2) is 43.3 Å². The van der Waals surface area contributed by atoms with Crippen LogP contribution in [0.25, 0.3) is 6.08 Å². The average Bonchev–Trinajstić information content (AvgIpc) is 2.80. The van der Waals surface area contributed by atoms with E-state index in [1.807, 2.05) is 30.3 Å². The minimum Gasteiger partial charge on any atom is -0.323 e. The van der Waals surface area contributed by atoms with Crippen LogP contribution in [0.2, 0.25) is 0 Å². The first-order valence-electron chi connectivity index (χ1n) is 7.28. The van der Waals surface area contributed by atoms with E-state index in [0.717, 1.165) is 5.56 Å². The first-order chi connectivity index (χ1) is 10.9. The number of urea groups is 1. The number of piperidine rings is 1. The molecule has 0 bridgehead atoms. The molecule has 2 N–H and O–H groups in total. The van der Waals surface area contributed by atoms with E-state index in [4.69, 9.17) is 0 Å². The Balaban J connectivity index is 1.68. The smallest absolute Gasteiger partial charge is 0.322 e. The molecule has 0 aliphatic carbocycles. The molecule has 122 valence electrons. The van der Waals surface area contributed by atoms with Crippen molar-refractivity contribution in [3.63, 3.8) is 0 Å². The van der Waals surface area contributed by atoms with E-state index < -0.39 is 21.6 Å². The number of hydrogen-bond donors (Lipinski definition) is 2. The summed E-state index contributed by atoms with van der Waals surface area (Å²) in [6.45, 7) is 0.379. The van der Waals surface area contributed by atoms with Crippen LogP contribution in [0, 0.1) is 0 Å². The first-order valence-corrected chi connectivity index (χ1v) is 8.79. The molecule has 0 aromatic heterocycles. The second kappa shape index (κ2) is 5.78. The fourth-order valence-corrected chi connectivity index (χ4v) is 4.01. The van der Waals surface area contributed by atoms with Crippen LogP contribution in [0.3, 0.4) is 0 Å². The number of carbonyl (C=O) groups excluding carboxylic acids is 2. The molecular formula is C15H17N3O4S. The number of nitrogens with zero attached hydrogens (tertiary/aromatic N) is 1. The summed E-state index contributed by atoms with van der Waals surface area (Å²) >= 11 is 0.